The third-order valence-electron chi connectivity index (χ3n) is 5.34. The zero-order chi connectivity index (χ0) is 19.7. The summed E-state index contributed by atoms with van der Waals surface area (Å²) in [5.74, 6) is -0.174. The highest BCUT2D eigenvalue weighted by molar-refractivity contribution is 7.17. The van der Waals surface area contributed by atoms with Gasteiger partial charge in [0.25, 0.3) is 11.8 Å². The lowest BCUT2D eigenvalue weighted by Crippen LogP contribution is -2.47. The monoisotopic (exact) mass is 396 g/mol. The van der Waals surface area contributed by atoms with Crippen LogP contribution in [-0.4, -0.2) is 59.8 Å². The minimum atomic E-state index is -0.190. The fourth-order valence-corrected chi connectivity index (χ4v) is 4.47. The van der Waals surface area contributed by atoms with Crippen molar-refractivity contribution >= 4 is 39.1 Å². The summed E-state index contributed by atoms with van der Waals surface area (Å²) in [6.07, 6.45) is 2.15. The topological polar surface area (TPSA) is 68.4 Å². The normalized spacial score (nSPS) is 17.6. The number of aromatic nitrogens is 1. The van der Waals surface area contributed by atoms with E-state index in [1.165, 1.54) is 0 Å². The van der Waals surface area contributed by atoms with E-state index in [0.717, 1.165) is 36.1 Å². The number of thiophene rings is 1. The summed E-state index contributed by atoms with van der Waals surface area (Å²) in [6.45, 7) is 2.00. The quantitative estimate of drug-likeness (QED) is 0.707. The number of nitrogens with zero attached hydrogens (tertiary/aromatic N) is 2. The predicted molar refractivity (Wildman–Crippen MR) is 113 cm³/mol. The number of likely N-dealkylation sites (tertiary alicyclic amines) is 1. The van der Waals surface area contributed by atoms with E-state index in [2.05, 4.69) is 22.2 Å². The largest absolute Gasteiger partial charge is 0.350 e. The number of rotatable bonds is 4. The van der Waals surface area contributed by atoms with Gasteiger partial charge in [0.1, 0.15) is 5.69 Å². The number of H-pyrrole nitrogens is 1. The lowest BCUT2D eigenvalue weighted by molar-refractivity contribution is 0.0644. The van der Waals surface area contributed by atoms with E-state index < -0.39 is 0 Å². The van der Waals surface area contributed by atoms with Crippen molar-refractivity contribution in [1.82, 2.24) is 14.8 Å². The van der Waals surface area contributed by atoms with Gasteiger partial charge in [-0.25, -0.2) is 0 Å². The van der Waals surface area contributed by atoms with Crippen molar-refractivity contribution in [3.63, 3.8) is 0 Å². The molecule has 0 saturated carbocycles. The number of nitrogens with one attached hydrogen (secondary N) is 2. The van der Waals surface area contributed by atoms with Crippen molar-refractivity contribution in [1.29, 1.82) is 0 Å². The number of carbonyl (C=O) groups excluding carboxylic acids is 2. The molecule has 2 amide bonds. The molecule has 0 radical (unpaired) electrons. The van der Waals surface area contributed by atoms with Gasteiger partial charge in [-0.1, -0.05) is 0 Å². The lowest BCUT2D eigenvalue weighted by Gasteiger charge is -2.35. The molecule has 146 valence electrons. The van der Waals surface area contributed by atoms with Gasteiger partial charge in [0.15, 0.2) is 0 Å². The Bertz CT molecular complexity index is 963. The number of amides is 2. The Labute approximate surface area is 168 Å². The van der Waals surface area contributed by atoms with E-state index in [0.29, 0.717) is 16.9 Å². The third-order valence-corrected chi connectivity index (χ3v) is 6.21. The first-order valence-corrected chi connectivity index (χ1v) is 10.3. The van der Waals surface area contributed by atoms with Crippen LogP contribution in [-0.2, 0) is 0 Å². The van der Waals surface area contributed by atoms with Crippen LogP contribution in [0.4, 0.5) is 5.69 Å². The van der Waals surface area contributed by atoms with Crippen molar-refractivity contribution in [2.75, 3.05) is 32.5 Å². The third kappa shape index (κ3) is 3.81. The van der Waals surface area contributed by atoms with Crippen molar-refractivity contribution in [3.05, 3.63) is 53.0 Å². The standard InChI is InChI=1S/C21H24N4O2S/c1-24-10-3-4-16(13-24)25(2)21(27)14-5-7-15(8-6-14)22-20(26)18-12-19-17(23-18)9-11-28-19/h5-9,11-12,16,23H,3-4,10,13H2,1-2H3,(H,22,26). The molecule has 1 unspecified atom stereocenters. The molecule has 1 aromatic carbocycles. The molecule has 1 saturated heterocycles. The maximum Gasteiger partial charge on any atom is 0.272 e. The molecule has 1 aliphatic rings. The molecule has 0 bridgehead atoms. The van der Waals surface area contributed by atoms with Gasteiger partial charge in [0.2, 0.25) is 0 Å². The molecule has 2 N–H and O–H groups in total. The second-order valence-electron chi connectivity index (χ2n) is 7.39. The first kappa shape index (κ1) is 18.7. The molecule has 1 fully saturated rings. The lowest BCUT2D eigenvalue weighted by atomic mass is 10.0. The average molecular weight is 397 g/mol. The van der Waals surface area contributed by atoms with E-state index in [9.17, 15) is 9.59 Å². The van der Waals surface area contributed by atoms with E-state index in [4.69, 9.17) is 0 Å². The Kier molecular flexibility index (Phi) is 5.19. The van der Waals surface area contributed by atoms with Crippen LogP contribution in [0.5, 0.6) is 0 Å². The van der Waals surface area contributed by atoms with Crippen molar-refractivity contribution in [2.45, 2.75) is 18.9 Å². The summed E-state index contributed by atoms with van der Waals surface area (Å²) in [5, 5.41) is 4.86. The summed E-state index contributed by atoms with van der Waals surface area (Å²) in [6, 6.07) is 11.1. The second kappa shape index (κ2) is 7.77. The van der Waals surface area contributed by atoms with Gasteiger partial charge in [-0.2, -0.15) is 0 Å². The molecular formula is C21H24N4O2S. The number of likely N-dealkylation sites (N-methyl/N-ethyl adjacent to an activating group) is 2. The van der Waals surface area contributed by atoms with Crippen molar-refractivity contribution < 1.29 is 9.59 Å². The number of benzene rings is 1. The number of aromatic amines is 1. The van der Waals surface area contributed by atoms with E-state index >= 15 is 0 Å². The molecule has 0 aliphatic carbocycles. The number of fused-ring (bicyclic) bond motifs is 1. The molecule has 28 heavy (non-hydrogen) atoms. The van der Waals surface area contributed by atoms with Gasteiger partial charge < -0.3 is 20.1 Å². The average Bonchev–Trinajstić information content (AvgIpc) is 3.30. The fraction of sp³-hybridized carbons (Fsp3) is 0.333. The van der Waals surface area contributed by atoms with Crippen LogP contribution < -0.4 is 5.32 Å². The van der Waals surface area contributed by atoms with E-state index in [1.807, 2.05) is 29.5 Å². The summed E-state index contributed by atoms with van der Waals surface area (Å²) < 4.78 is 1.06. The first-order valence-electron chi connectivity index (χ1n) is 9.44. The summed E-state index contributed by atoms with van der Waals surface area (Å²) >= 11 is 1.60. The molecule has 4 rings (SSSR count). The summed E-state index contributed by atoms with van der Waals surface area (Å²) in [4.78, 5) is 32.4. The Morgan fingerprint density at radius 3 is 2.75 bits per heavy atom. The van der Waals surface area contributed by atoms with Crippen molar-refractivity contribution in [3.8, 4) is 0 Å². The Morgan fingerprint density at radius 1 is 1.25 bits per heavy atom. The molecular weight excluding hydrogens is 372 g/mol. The second-order valence-corrected chi connectivity index (χ2v) is 8.34. The van der Waals surface area contributed by atoms with E-state index in [1.54, 1.807) is 35.6 Å². The van der Waals surface area contributed by atoms with Crippen LogP contribution in [0.1, 0.15) is 33.7 Å². The summed E-state index contributed by atoms with van der Waals surface area (Å²) in [5.41, 5.74) is 2.80. The maximum absolute atomic E-state index is 12.8. The predicted octanol–water partition coefficient (Wildman–Crippen LogP) is 3.65. The Morgan fingerprint density at radius 2 is 2.04 bits per heavy atom. The minimum Gasteiger partial charge on any atom is -0.350 e. The highest BCUT2D eigenvalue weighted by Gasteiger charge is 2.25. The zero-order valence-electron chi connectivity index (χ0n) is 16.1. The van der Waals surface area contributed by atoms with Crippen LogP contribution >= 0.6 is 11.3 Å². The molecule has 6 nitrogen and oxygen atoms in total. The van der Waals surface area contributed by atoms with Gasteiger partial charge in [0.05, 0.1) is 10.2 Å². The molecule has 0 spiro atoms. The zero-order valence-corrected chi connectivity index (χ0v) is 16.9. The molecule has 1 atom stereocenters. The smallest absolute Gasteiger partial charge is 0.272 e. The Balaban J connectivity index is 1.40. The SMILES string of the molecule is CN1CCCC(N(C)C(=O)c2ccc(NC(=O)c3cc4sccc4[nH]3)cc2)C1. The van der Waals surface area contributed by atoms with Crippen LogP contribution in [0, 0.1) is 0 Å². The number of hydrogen-bond donors (Lipinski definition) is 2. The van der Waals surface area contributed by atoms with Crippen LogP contribution in [0.15, 0.2) is 41.8 Å². The first-order chi connectivity index (χ1) is 13.5. The maximum atomic E-state index is 12.8. The number of piperidine rings is 1. The Hall–Kier alpha value is -2.64. The molecule has 3 heterocycles. The van der Waals surface area contributed by atoms with Gasteiger partial charge in [0, 0.05) is 30.9 Å². The highest BCUT2D eigenvalue weighted by atomic mass is 32.1. The molecule has 7 heteroatoms. The molecule has 1 aliphatic heterocycles. The van der Waals surface area contributed by atoms with Gasteiger partial charge in [-0.05, 0) is 68.2 Å². The van der Waals surface area contributed by atoms with Gasteiger partial charge in [-0.3, -0.25) is 9.59 Å². The minimum absolute atomic E-state index is 0.0165. The number of hydrogen-bond acceptors (Lipinski definition) is 4. The fourth-order valence-electron chi connectivity index (χ4n) is 3.69. The number of carbonyl (C=O) groups is 2. The number of anilines is 1. The van der Waals surface area contributed by atoms with Crippen LogP contribution in [0.25, 0.3) is 10.2 Å². The summed E-state index contributed by atoms with van der Waals surface area (Å²) in [7, 11) is 3.97. The molecule has 3 aromatic rings. The molecule has 2 aromatic heterocycles. The van der Waals surface area contributed by atoms with Gasteiger partial charge >= 0.3 is 0 Å². The van der Waals surface area contributed by atoms with Crippen molar-refractivity contribution in [2.24, 2.45) is 0 Å². The van der Waals surface area contributed by atoms with Crippen LogP contribution in [0.3, 0.4) is 0 Å². The van der Waals surface area contributed by atoms with Gasteiger partial charge in [-0.15, -0.1) is 11.3 Å². The highest BCUT2D eigenvalue weighted by Crippen LogP contribution is 2.22. The van der Waals surface area contributed by atoms with Crippen LogP contribution in [0.2, 0.25) is 0 Å². The van der Waals surface area contributed by atoms with E-state index in [-0.39, 0.29) is 17.9 Å².